The normalized spacial score (nSPS) is 16.9. The maximum absolute atomic E-state index is 13.6. The summed E-state index contributed by atoms with van der Waals surface area (Å²) in [6.07, 6.45) is 6.36. The van der Waals surface area contributed by atoms with E-state index in [2.05, 4.69) is 58.6 Å². The average molecular weight is 605 g/mol. The predicted octanol–water partition coefficient (Wildman–Crippen LogP) is 9.50. The first kappa shape index (κ1) is 34.1. The maximum atomic E-state index is 13.6. The Morgan fingerprint density at radius 2 is 1.30 bits per heavy atom. The smallest absolute Gasteiger partial charge is 0.126 e. The minimum atomic E-state index is -0.237. The summed E-state index contributed by atoms with van der Waals surface area (Å²) in [6, 6.07) is 18.4. The summed E-state index contributed by atoms with van der Waals surface area (Å²) >= 11 is 0. The van der Waals surface area contributed by atoms with Crippen LogP contribution in [0.15, 0.2) is 60.7 Å². The number of hydrogen-bond acceptors (Lipinski definition) is 3. The third kappa shape index (κ3) is 8.91. The van der Waals surface area contributed by atoms with Gasteiger partial charge in [-0.2, -0.15) is 0 Å². The number of nitrogens with zero attached hydrogens (tertiary/aromatic N) is 1. The summed E-state index contributed by atoms with van der Waals surface area (Å²) in [4.78, 5) is 2.57. The van der Waals surface area contributed by atoms with Crippen LogP contribution in [0.25, 0.3) is 0 Å². The maximum Gasteiger partial charge on any atom is 0.126 e. The van der Waals surface area contributed by atoms with Gasteiger partial charge >= 0.3 is 0 Å². The third-order valence-electron chi connectivity index (χ3n) is 9.36. The second-order valence-corrected chi connectivity index (χ2v) is 15.0. The van der Waals surface area contributed by atoms with Crippen molar-refractivity contribution in [1.82, 2.24) is 4.90 Å². The van der Waals surface area contributed by atoms with Crippen LogP contribution in [0, 0.1) is 17.6 Å². The molecule has 3 nitrogen and oxygen atoms in total. The molecule has 4 rings (SSSR count). The zero-order chi connectivity index (χ0) is 32.1. The van der Waals surface area contributed by atoms with Crippen molar-refractivity contribution in [2.75, 3.05) is 20.2 Å². The summed E-state index contributed by atoms with van der Waals surface area (Å²) in [5.41, 5.74) is 12.8. The van der Waals surface area contributed by atoms with Crippen LogP contribution in [-0.4, -0.2) is 31.1 Å². The van der Waals surface area contributed by atoms with Crippen LogP contribution in [0.3, 0.4) is 0 Å². The highest BCUT2D eigenvalue weighted by Gasteiger charge is 2.30. The molecule has 3 aromatic rings. The largest absolute Gasteiger partial charge is 0.496 e. The molecular formula is C39H54F2N2O. The summed E-state index contributed by atoms with van der Waals surface area (Å²) in [5, 5.41) is 0. The Morgan fingerprint density at radius 3 is 1.77 bits per heavy atom. The van der Waals surface area contributed by atoms with Gasteiger partial charge in [-0.1, -0.05) is 97.2 Å². The van der Waals surface area contributed by atoms with Crippen LogP contribution in [0.1, 0.15) is 114 Å². The lowest BCUT2D eigenvalue weighted by atomic mass is 9.78. The zero-order valence-electron chi connectivity index (χ0n) is 28.1. The predicted molar refractivity (Wildman–Crippen MR) is 179 cm³/mol. The summed E-state index contributed by atoms with van der Waals surface area (Å²) in [5.74, 6) is 1.20. The second kappa shape index (κ2) is 14.6. The van der Waals surface area contributed by atoms with Gasteiger partial charge in [-0.3, -0.25) is 4.90 Å². The molecule has 1 saturated heterocycles. The van der Waals surface area contributed by atoms with Crippen LogP contribution >= 0.6 is 0 Å². The van der Waals surface area contributed by atoms with E-state index in [9.17, 15) is 8.78 Å². The van der Waals surface area contributed by atoms with Crippen molar-refractivity contribution in [2.24, 2.45) is 11.7 Å². The van der Waals surface area contributed by atoms with E-state index in [0.717, 1.165) is 75.0 Å². The summed E-state index contributed by atoms with van der Waals surface area (Å²) < 4.78 is 33.1. The van der Waals surface area contributed by atoms with Gasteiger partial charge in [-0.25, -0.2) is 8.78 Å². The number of benzene rings is 3. The molecule has 44 heavy (non-hydrogen) atoms. The van der Waals surface area contributed by atoms with E-state index in [1.54, 1.807) is 7.11 Å². The van der Waals surface area contributed by atoms with Gasteiger partial charge in [-0.05, 0) is 83.5 Å². The first-order valence-corrected chi connectivity index (χ1v) is 16.5. The Bertz CT molecular complexity index is 1260. The van der Waals surface area contributed by atoms with Gasteiger partial charge in [0, 0.05) is 36.2 Å². The summed E-state index contributed by atoms with van der Waals surface area (Å²) in [7, 11) is 1.79. The monoisotopic (exact) mass is 604 g/mol. The van der Waals surface area contributed by atoms with Gasteiger partial charge in [0.2, 0.25) is 0 Å². The van der Waals surface area contributed by atoms with Crippen molar-refractivity contribution < 1.29 is 13.5 Å². The Kier molecular flexibility index (Phi) is 11.3. The molecule has 0 bridgehead atoms. The van der Waals surface area contributed by atoms with Gasteiger partial charge in [0.1, 0.15) is 17.4 Å². The highest BCUT2D eigenvalue weighted by Crippen LogP contribution is 2.41. The molecular weight excluding hydrogens is 550 g/mol. The van der Waals surface area contributed by atoms with E-state index < -0.39 is 0 Å². The highest BCUT2D eigenvalue weighted by atomic mass is 19.1. The molecule has 5 heteroatoms. The molecule has 0 aromatic heterocycles. The van der Waals surface area contributed by atoms with E-state index in [0.29, 0.717) is 5.92 Å². The molecule has 1 heterocycles. The number of methoxy groups -OCH3 is 1. The molecule has 1 unspecified atom stereocenters. The minimum Gasteiger partial charge on any atom is -0.496 e. The fourth-order valence-corrected chi connectivity index (χ4v) is 6.78. The Labute approximate surface area is 265 Å². The molecule has 0 saturated carbocycles. The van der Waals surface area contributed by atoms with E-state index in [1.807, 2.05) is 24.3 Å². The number of ether oxygens (including phenoxy) is 1. The van der Waals surface area contributed by atoms with Crippen molar-refractivity contribution in [3.05, 3.63) is 100 Å². The average Bonchev–Trinajstić information content (AvgIpc) is 3.43. The Morgan fingerprint density at radius 1 is 0.795 bits per heavy atom. The molecule has 1 aliphatic heterocycles. The van der Waals surface area contributed by atoms with Crippen molar-refractivity contribution in [3.8, 4) is 5.75 Å². The van der Waals surface area contributed by atoms with E-state index >= 15 is 0 Å². The zero-order valence-corrected chi connectivity index (χ0v) is 28.1. The molecule has 2 N–H and O–H groups in total. The van der Waals surface area contributed by atoms with Gasteiger partial charge in [0.05, 0.1) is 7.11 Å². The lowest BCUT2D eigenvalue weighted by molar-refractivity contribution is 0.299. The van der Waals surface area contributed by atoms with Gasteiger partial charge < -0.3 is 10.5 Å². The summed E-state index contributed by atoms with van der Waals surface area (Å²) in [6.45, 7) is 16.6. The van der Waals surface area contributed by atoms with Crippen LogP contribution in [0.2, 0.25) is 0 Å². The second-order valence-electron chi connectivity index (χ2n) is 15.0. The fraction of sp³-hybridized carbons (Fsp3) is 0.538. The highest BCUT2D eigenvalue weighted by molar-refractivity contribution is 5.51. The van der Waals surface area contributed by atoms with Crippen LogP contribution in [0.5, 0.6) is 5.75 Å². The standard InChI is InChI=1S/C39H54F2N2O/c1-38(2,3)34-23-27(24-35(37(34)44-7)39(4,5)6)25-43-22-21-30(26-43)36(42)12-10-8-9-11-33(28-13-17-31(40)18-14-28)29-15-19-32(41)20-16-29/h13-20,23-24,30,33,36H,8-12,21-22,25-26,42H2,1-7H3/t30?,36-/m1/s1. The van der Waals surface area contributed by atoms with Gasteiger partial charge in [0.25, 0.3) is 0 Å². The van der Waals surface area contributed by atoms with Crippen molar-refractivity contribution in [3.63, 3.8) is 0 Å². The number of unbranched alkanes of at least 4 members (excludes halogenated alkanes) is 2. The number of halogens is 2. The number of likely N-dealkylation sites (tertiary alicyclic amines) is 1. The molecule has 0 aliphatic carbocycles. The van der Waals surface area contributed by atoms with E-state index in [-0.39, 0.29) is 34.4 Å². The molecule has 0 spiro atoms. The lowest BCUT2D eigenvalue weighted by Crippen LogP contribution is -2.32. The topological polar surface area (TPSA) is 38.5 Å². The third-order valence-corrected chi connectivity index (χ3v) is 9.36. The SMILES string of the molecule is COc1c(C(C)(C)C)cc(CN2CCC([C@H](N)CCCCCC(c3ccc(F)cc3)c3ccc(F)cc3)C2)cc1C(C)(C)C. The van der Waals surface area contributed by atoms with Crippen LogP contribution in [0.4, 0.5) is 8.78 Å². The van der Waals surface area contributed by atoms with E-state index in [4.69, 9.17) is 10.5 Å². The molecule has 0 amide bonds. The Hall–Kier alpha value is -2.76. The van der Waals surface area contributed by atoms with Crippen LogP contribution in [-0.2, 0) is 17.4 Å². The number of hydrogen-bond donors (Lipinski definition) is 1. The first-order chi connectivity index (χ1) is 20.8. The number of rotatable bonds is 12. The Balaban J connectivity index is 1.30. The molecule has 240 valence electrons. The van der Waals surface area contributed by atoms with Crippen molar-refractivity contribution in [2.45, 2.75) is 109 Å². The molecule has 0 radical (unpaired) electrons. The van der Waals surface area contributed by atoms with Crippen LogP contribution < -0.4 is 10.5 Å². The van der Waals surface area contributed by atoms with Crippen molar-refractivity contribution >= 4 is 0 Å². The molecule has 3 aromatic carbocycles. The lowest BCUT2D eigenvalue weighted by Gasteiger charge is -2.30. The van der Waals surface area contributed by atoms with Gasteiger partial charge in [-0.15, -0.1) is 0 Å². The molecule has 2 atom stereocenters. The quantitative estimate of drug-likeness (QED) is 0.209. The minimum absolute atomic E-state index is 0.00466. The van der Waals surface area contributed by atoms with Crippen molar-refractivity contribution in [1.29, 1.82) is 0 Å². The fourth-order valence-electron chi connectivity index (χ4n) is 6.78. The van der Waals surface area contributed by atoms with E-state index in [1.165, 1.54) is 41.0 Å². The first-order valence-electron chi connectivity index (χ1n) is 16.5. The molecule has 1 fully saturated rings. The number of nitrogens with two attached hydrogens (primary N) is 1. The van der Waals surface area contributed by atoms with Gasteiger partial charge in [0.15, 0.2) is 0 Å². The molecule has 1 aliphatic rings.